The summed E-state index contributed by atoms with van der Waals surface area (Å²) in [5.74, 6) is -0.268. The molecule has 1 fully saturated rings. The van der Waals surface area contributed by atoms with E-state index in [0.717, 1.165) is 12.0 Å². The van der Waals surface area contributed by atoms with E-state index in [1.165, 1.54) is 4.90 Å². The molecule has 1 aliphatic heterocycles. The minimum Gasteiger partial charge on any atom is -0.507 e. The van der Waals surface area contributed by atoms with E-state index in [1.54, 1.807) is 24.3 Å². The lowest BCUT2D eigenvalue weighted by Crippen LogP contribution is -2.29. The Hall–Kier alpha value is -4.06. The Kier molecular flexibility index (Phi) is 7.51. The Morgan fingerprint density at radius 1 is 0.886 bits per heavy atom. The van der Waals surface area contributed by atoms with Gasteiger partial charge in [0.05, 0.1) is 24.8 Å². The number of hydrogen-bond donors (Lipinski definition) is 1. The van der Waals surface area contributed by atoms with Crippen LogP contribution in [0.1, 0.15) is 43.0 Å². The number of amides is 1. The maximum atomic E-state index is 13.3. The lowest BCUT2D eigenvalue weighted by molar-refractivity contribution is -0.140. The van der Waals surface area contributed by atoms with Gasteiger partial charge >= 0.3 is 0 Å². The van der Waals surface area contributed by atoms with E-state index in [9.17, 15) is 14.7 Å². The lowest BCUT2D eigenvalue weighted by Gasteiger charge is -2.26. The zero-order chi connectivity index (χ0) is 24.8. The Morgan fingerprint density at radius 2 is 1.63 bits per heavy atom. The van der Waals surface area contributed by atoms with Gasteiger partial charge in [-0.25, -0.2) is 0 Å². The Balaban J connectivity index is 1.79. The predicted molar refractivity (Wildman–Crippen MR) is 134 cm³/mol. The first-order chi connectivity index (χ1) is 17.0. The Labute approximate surface area is 205 Å². The maximum Gasteiger partial charge on any atom is 0.295 e. The Morgan fingerprint density at radius 3 is 2.31 bits per heavy atom. The molecule has 1 heterocycles. The topological polar surface area (TPSA) is 76.1 Å². The van der Waals surface area contributed by atoms with Crippen LogP contribution in [0, 0.1) is 0 Å². The van der Waals surface area contributed by atoms with Gasteiger partial charge in [0.25, 0.3) is 11.7 Å². The molecule has 0 radical (unpaired) electrons. The van der Waals surface area contributed by atoms with Gasteiger partial charge in [-0.3, -0.25) is 9.59 Å². The first kappa shape index (κ1) is 24.1. The summed E-state index contributed by atoms with van der Waals surface area (Å²) in [6.07, 6.45) is 0.882. The summed E-state index contributed by atoms with van der Waals surface area (Å²) in [6.45, 7) is 5.22. The van der Waals surface area contributed by atoms with E-state index in [-0.39, 0.29) is 17.9 Å². The van der Waals surface area contributed by atoms with Crippen LogP contribution in [0.4, 0.5) is 0 Å². The molecule has 6 nitrogen and oxygen atoms in total. The van der Waals surface area contributed by atoms with Crippen LogP contribution in [0.15, 0.2) is 84.4 Å². The standard InChI is InChI=1S/C29H29NO5/c1-3-17-35-23-15-13-21(14-16-23)27(31)25-26(22-11-8-12-24(18-22)34-4-2)30(29(33)28(25)32)19-20-9-6-5-7-10-20/h5-16,18,26,31H,3-4,17,19H2,1-2H3/b27-25+. The molecule has 0 spiro atoms. The fraction of sp³-hybridized carbons (Fsp3) is 0.241. The number of nitrogens with zero attached hydrogens (tertiary/aromatic N) is 1. The number of aliphatic hydroxyl groups is 1. The van der Waals surface area contributed by atoms with Crippen molar-refractivity contribution in [2.75, 3.05) is 13.2 Å². The van der Waals surface area contributed by atoms with Crippen molar-refractivity contribution in [1.29, 1.82) is 0 Å². The molecule has 6 heteroatoms. The maximum absolute atomic E-state index is 13.3. The molecule has 0 aliphatic carbocycles. The molecule has 1 N–H and O–H groups in total. The number of carbonyl (C=O) groups is 2. The lowest BCUT2D eigenvalue weighted by atomic mass is 9.95. The van der Waals surface area contributed by atoms with Crippen molar-refractivity contribution in [1.82, 2.24) is 4.90 Å². The van der Waals surface area contributed by atoms with Gasteiger partial charge < -0.3 is 19.5 Å². The molecule has 180 valence electrons. The second kappa shape index (κ2) is 10.9. The molecule has 1 aliphatic rings. The van der Waals surface area contributed by atoms with Gasteiger partial charge in [0.15, 0.2) is 0 Å². The number of ketones is 1. The van der Waals surface area contributed by atoms with Crippen molar-refractivity contribution in [2.45, 2.75) is 32.9 Å². The van der Waals surface area contributed by atoms with E-state index >= 15 is 0 Å². The van der Waals surface area contributed by atoms with E-state index in [2.05, 4.69) is 0 Å². The third kappa shape index (κ3) is 5.22. The molecule has 3 aromatic carbocycles. The largest absolute Gasteiger partial charge is 0.507 e. The summed E-state index contributed by atoms with van der Waals surface area (Å²) in [5.41, 5.74) is 2.08. The average molecular weight is 472 g/mol. The number of rotatable bonds is 9. The van der Waals surface area contributed by atoms with Crippen LogP contribution in [0.5, 0.6) is 11.5 Å². The number of ether oxygens (including phenoxy) is 2. The Bertz CT molecular complexity index is 1220. The average Bonchev–Trinajstić information content (AvgIpc) is 3.13. The molecule has 0 aromatic heterocycles. The highest BCUT2D eigenvalue weighted by Gasteiger charge is 2.46. The molecular weight excluding hydrogens is 442 g/mol. The van der Waals surface area contributed by atoms with Crippen LogP contribution in [0.2, 0.25) is 0 Å². The van der Waals surface area contributed by atoms with Crippen LogP contribution in [-0.2, 0) is 16.1 Å². The van der Waals surface area contributed by atoms with Gasteiger partial charge in [-0.05, 0) is 60.9 Å². The van der Waals surface area contributed by atoms with Crippen LogP contribution in [0.25, 0.3) is 5.76 Å². The third-order valence-electron chi connectivity index (χ3n) is 5.82. The molecule has 1 atom stereocenters. The van der Waals surface area contributed by atoms with Crippen LogP contribution in [-0.4, -0.2) is 34.9 Å². The summed E-state index contributed by atoms with van der Waals surface area (Å²) in [5, 5.41) is 11.3. The molecule has 1 amide bonds. The van der Waals surface area contributed by atoms with Crippen molar-refractivity contribution in [3.05, 3.63) is 101 Å². The fourth-order valence-corrected chi connectivity index (χ4v) is 4.20. The SMILES string of the molecule is CCCOc1ccc(/C(O)=C2\C(=O)C(=O)N(Cc3ccccc3)C2c2cccc(OCC)c2)cc1. The first-order valence-corrected chi connectivity index (χ1v) is 11.8. The van der Waals surface area contributed by atoms with Gasteiger partial charge in [-0.15, -0.1) is 0 Å². The molecular formula is C29H29NO5. The number of aliphatic hydroxyl groups excluding tert-OH is 1. The van der Waals surface area contributed by atoms with Crippen LogP contribution < -0.4 is 9.47 Å². The zero-order valence-electron chi connectivity index (χ0n) is 19.9. The second-order valence-corrected chi connectivity index (χ2v) is 8.29. The quantitative estimate of drug-likeness (QED) is 0.254. The first-order valence-electron chi connectivity index (χ1n) is 11.8. The van der Waals surface area contributed by atoms with Crippen molar-refractivity contribution in [2.24, 2.45) is 0 Å². The minimum atomic E-state index is -0.758. The minimum absolute atomic E-state index is 0.0572. The number of benzene rings is 3. The molecule has 35 heavy (non-hydrogen) atoms. The van der Waals surface area contributed by atoms with Gasteiger partial charge in [0, 0.05) is 12.1 Å². The summed E-state index contributed by atoms with van der Waals surface area (Å²) < 4.78 is 11.3. The van der Waals surface area contributed by atoms with Gasteiger partial charge in [0.2, 0.25) is 0 Å². The number of hydrogen-bond acceptors (Lipinski definition) is 5. The molecule has 1 saturated heterocycles. The van der Waals surface area contributed by atoms with E-state index in [1.807, 2.05) is 68.4 Å². The van der Waals surface area contributed by atoms with Crippen molar-refractivity contribution in [3.63, 3.8) is 0 Å². The van der Waals surface area contributed by atoms with Crippen molar-refractivity contribution in [3.8, 4) is 11.5 Å². The van der Waals surface area contributed by atoms with Crippen molar-refractivity contribution < 1.29 is 24.2 Å². The summed E-state index contributed by atoms with van der Waals surface area (Å²) in [4.78, 5) is 28.0. The second-order valence-electron chi connectivity index (χ2n) is 8.29. The number of likely N-dealkylation sites (tertiary alicyclic amines) is 1. The highest BCUT2D eigenvalue weighted by Crippen LogP contribution is 2.41. The van der Waals surface area contributed by atoms with E-state index < -0.39 is 17.7 Å². The summed E-state index contributed by atoms with van der Waals surface area (Å²) in [7, 11) is 0. The highest BCUT2D eigenvalue weighted by atomic mass is 16.5. The van der Waals surface area contributed by atoms with Gasteiger partial charge in [-0.2, -0.15) is 0 Å². The predicted octanol–water partition coefficient (Wildman–Crippen LogP) is 5.50. The van der Waals surface area contributed by atoms with Gasteiger partial charge in [0.1, 0.15) is 17.3 Å². The summed E-state index contributed by atoms with van der Waals surface area (Å²) in [6, 6.07) is 22.9. The molecule has 3 aromatic rings. The fourth-order valence-electron chi connectivity index (χ4n) is 4.20. The third-order valence-corrected chi connectivity index (χ3v) is 5.82. The van der Waals surface area contributed by atoms with E-state index in [4.69, 9.17) is 9.47 Å². The molecule has 0 saturated carbocycles. The van der Waals surface area contributed by atoms with Crippen LogP contribution in [0.3, 0.4) is 0 Å². The van der Waals surface area contributed by atoms with E-state index in [0.29, 0.717) is 35.8 Å². The smallest absolute Gasteiger partial charge is 0.295 e. The molecule has 0 bridgehead atoms. The molecule has 1 unspecified atom stereocenters. The zero-order valence-corrected chi connectivity index (χ0v) is 19.9. The normalized spacial score (nSPS) is 17.0. The number of Topliss-reactive ketones (excluding diaryl/α,β-unsaturated/α-hetero) is 1. The van der Waals surface area contributed by atoms with Crippen LogP contribution >= 0.6 is 0 Å². The number of carbonyl (C=O) groups excluding carboxylic acids is 2. The highest BCUT2D eigenvalue weighted by molar-refractivity contribution is 6.46. The van der Waals surface area contributed by atoms with Gasteiger partial charge in [-0.1, -0.05) is 49.4 Å². The summed E-state index contributed by atoms with van der Waals surface area (Å²) >= 11 is 0. The van der Waals surface area contributed by atoms with Crippen molar-refractivity contribution >= 4 is 17.4 Å². The monoisotopic (exact) mass is 471 g/mol. The molecule has 4 rings (SSSR count).